The third-order valence-electron chi connectivity index (χ3n) is 7.91. The summed E-state index contributed by atoms with van der Waals surface area (Å²) in [7, 11) is 0. The molecule has 4 aromatic rings. The van der Waals surface area contributed by atoms with E-state index in [1.165, 1.54) is 48.8 Å². The topological polar surface area (TPSA) is 91.3 Å². The number of benzene rings is 3. The highest BCUT2D eigenvalue weighted by molar-refractivity contribution is 7.14. The maximum atomic E-state index is 12.5. The summed E-state index contributed by atoms with van der Waals surface area (Å²) in [5, 5.41) is 18.1. The molecule has 1 unspecified atom stereocenters. The summed E-state index contributed by atoms with van der Waals surface area (Å²) in [5.74, 6) is -0.577. The fourth-order valence-electron chi connectivity index (χ4n) is 5.66. The molecule has 0 radical (unpaired) electrons. The lowest BCUT2D eigenvalue weighted by Crippen LogP contribution is -2.26. The minimum atomic E-state index is -0.938. The van der Waals surface area contributed by atoms with Gasteiger partial charge in [-0.15, -0.1) is 11.3 Å². The van der Waals surface area contributed by atoms with Crippen LogP contribution in [0.25, 0.3) is 11.3 Å². The van der Waals surface area contributed by atoms with Crippen molar-refractivity contribution >= 4 is 28.3 Å². The van der Waals surface area contributed by atoms with Crippen LogP contribution in [0.1, 0.15) is 88.7 Å². The van der Waals surface area contributed by atoms with Crippen LogP contribution in [0.5, 0.6) is 0 Å². The van der Waals surface area contributed by atoms with Crippen molar-refractivity contribution in [3.8, 4) is 11.3 Å². The lowest BCUT2D eigenvalue weighted by atomic mass is 9.83. The largest absolute Gasteiger partial charge is 0.481 e. The van der Waals surface area contributed by atoms with Crippen molar-refractivity contribution in [1.29, 1.82) is 0 Å². The average molecular weight is 568 g/mol. The van der Waals surface area contributed by atoms with Crippen LogP contribution in [-0.4, -0.2) is 28.5 Å². The number of aromatic nitrogens is 1. The number of carbonyl (C=O) groups excluding carboxylic acids is 1. The molecule has 6 nitrogen and oxygen atoms in total. The van der Waals surface area contributed by atoms with Crippen LogP contribution >= 0.6 is 11.3 Å². The maximum Gasteiger partial charge on any atom is 0.305 e. The normalized spacial score (nSPS) is 14.4. The third-order valence-corrected chi connectivity index (χ3v) is 8.68. The molecule has 1 fully saturated rings. The van der Waals surface area contributed by atoms with Gasteiger partial charge in [0.1, 0.15) is 0 Å². The Morgan fingerprint density at radius 1 is 0.951 bits per heavy atom. The van der Waals surface area contributed by atoms with Crippen molar-refractivity contribution in [2.75, 3.05) is 11.9 Å². The van der Waals surface area contributed by atoms with Gasteiger partial charge in [-0.25, -0.2) is 4.98 Å². The Morgan fingerprint density at radius 3 is 2.29 bits per heavy atom. The van der Waals surface area contributed by atoms with E-state index >= 15 is 0 Å². The first-order valence-electron chi connectivity index (χ1n) is 14.4. The van der Waals surface area contributed by atoms with E-state index in [4.69, 9.17) is 10.1 Å². The van der Waals surface area contributed by atoms with Gasteiger partial charge in [-0.05, 0) is 67.0 Å². The molecule has 3 aromatic carbocycles. The number of hydrogen-bond donors (Lipinski definition) is 3. The number of carbonyl (C=O) groups is 2. The van der Waals surface area contributed by atoms with E-state index in [1.807, 2.05) is 12.1 Å². The molecule has 7 heteroatoms. The first-order chi connectivity index (χ1) is 19.9. The van der Waals surface area contributed by atoms with Gasteiger partial charge >= 0.3 is 5.97 Å². The second kappa shape index (κ2) is 13.1. The minimum absolute atomic E-state index is 0.0975. The predicted octanol–water partition coefficient (Wildman–Crippen LogP) is 7.88. The SMILES string of the molecule is Cc1ccc(-c2csc(NC(c3ccc(C(=O)NCCC(=O)O)cc3)c3ccc(C4CCCCC4)cc3)n2)c(C)c1. The quantitative estimate of drug-likeness (QED) is 0.181. The summed E-state index contributed by atoms with van der Waals surface area (Å²) in [5.41, 5.74) is 8.57. The predicted molar refractivity (Wildman–Crippen MR) is 166 cm³/mol. The number of anilines is 1. The van der Waals surface area contributed by atoms with Gasteiger partial charge in [-0.3, -0.25) is 9.59 Å². The first-order valence-corrected chi connectivity index (χ1v) is 15.2. The summed E-state index contributed by atoms with van der Waals surface area (Å²) in [6, 6.07) is 22.7. The zero-order valence-corrected chi connectivity index (χ0v) is 24.5. The van der Waals surface area contributed by atoms with E-state index in [2.05, 4.69) is 72.3 Å². The first kappa shape index (κ1) is 28.6. The van der Waals surface area contributed by atoms with Crippen LogP contribution in [0.4, 0.5) is 5.13 Å². The molecule has 0 saturated heterocycles. The van der Waals surface area contributed by atoms with Crippen LogP contribution in [0.3, 0.4) is 0 Å². The molecule has 0 spiro atoms. The molecule has 5 rings (SSSR count). The number of hydrogen-bond acceptors (Lipinski definition) is 5. The van der Waals surface area contributed by atoms with E-state index in [0.29, 0.717) is 11.5 Å². The number of aryl methyl sites for hydroxylation is 2. The molecular weight excluding hydrogens is 530 g/mol. The highest BCUT2D eigenvalue weighted by atomic mass is 32.1. The summed E-state index contributed by atoms with van der Waals surface area (Å²) in [6.45, 7) is 4.31. The van der Waals surface area contributed by atoms with Crippen LogP contribution in [0.2, 0.25) is 0 Å². The lowest BCUT2D eigenvalue weighted by molar-refractivity contribution is -0.136. The molecule has 3 N–H and O–H groups in total. The molecule has 1 aliphatic carbocycles. The van der Waals surface area contributed by atoms with Crippen LogP contribution in [-0.2, 0) is 4.79 Å². The summed E-state index contributed by atoms with van der Waals surface area (Å²) in [6.07, 6.45) is 6.37. The molecule has 1 amide bonds. The number of carboxylic acid groups (broad SMARTS) is 1. The zero-order valence-electron chi connectivity index (χ0n) is 23.7. The Kier molecular flexibility index (Phi) is 9.14. The summed E-state index contributed by atoms with van der Waals surface area (Å²) < 4.78 is 0. The summed E-state index contributed by atoms with van der Waals surface area (Å²) in [4.78, 5) is 28.2. The van der Waals surface area contributed by atoms with E-state index in [-0.39, 0.29) is 24.9 Å². The van der Waals surface area contributed by atoms with E-state index in [0.717, 1.165) is 27.5 Å². The molecule has 1 atom stereocenters. The molecule has 0 aliphatic heterocycles. The van der Waals surface area contributed by atoms with Crippen molar-refractivity contribution in [1.82, 2.24) is 10.3 Å². The van der Waals surface area contributed by atoms with E-state index in [9.17, 15) is 9.59 Å². The summed E-state index contributed by atoms with van der Waals surface area (Å²) >= 11 is 1.59. The van der Waals surface area contributed by atoms with Gasteiger partial charge in [-0.2, -0.15) is 0 Å². The molecule has 0 bridgehead atoms. The van der Waals surface area contributed by atoms with Gasteiger partial charge in [0.05, 0.1) is 18.2 Å². The van der Waals surface area contributed by atoms with Gasteiger partial charge in [0.25, 0.3) is 5.91 Å². The van der Waals surface area contributed by atoms with Crippen LogP contribution in [0, 0.1) is 13.8 Å². The fourth-order valence-corrected chi connectivity index (χ4v) is 6.40. The van der Waals surface area contributed by atoms with Gasteiger partial charge in [0, 0.05) is 23.1 Å². The second-order valence-electron chi connectivity index (χ2n) is 11.0. The Balaban J connectivity index is 1.40. The van der Waals surface area contributed by atoms with E-state index < -0.39 is 5.97 Å². The molecule has 41 heavy (non-hydrogen) atoms. The second-order valence-corrected chi connectivity index (χ2v) is 11.8. The van der Waals surface area contributed by atoms with Crippen molar-refractivity contribution in [3.63, 3.8) is 0 Å². The number of thiazole rings is 1. The maximum absolute atomic E-state index is 12.5. The van der Waals surface area contributed by atoms with Gasteiger partial charge < -0.3 is 15.7 Å². The number of carboxylic acids is 1. The van der Waals surface area contributed by atoms with Crippen molar-refractivity contribution in [2.45, 2.75) is 64.3 Å². The minimum Gasteiger partial charge on any atom is -0.481 e. The number of nitrogens with one attached hydrogen (secondary N) is 2. The highest BCUT2D eigenvalue weighted by Crippen LogP contribution is 2.35. The van der Waals surface area contributed by atoms with Crippen molar-refractivity contribution < 1.29 is 14.7 Å². The molecule has 1 saturated carbocycles. The van der Waals surface area contributed by atoms with E-state index in [1.54, 1.807) is 23.5 Å². The van der Waals surface area contributed by atoms with Crippen LogP contribution < -0.4 is 10.6 Å². The molecule has 212 valence electrons. The average Bonchev–Trinajstić information content (AvgIpc) is 3.45. The Bertz CT molecular complexity index is 1490. The number of amides is 1. The van der Waals surface area contributed by atoms with Crippen molar-refractivity contribution in [2.24, 2.45) is 0 Å². The Labute approximate surface area is 245 Å². The number of nitrogens with zero attached hydrogens (tertiary/aromatic N) is 1. The van der Waals surface area contributed by atoms with Crippen molar-refractivity contribution in [3.05, 3.63) is 105 Å². The van der Waals surface area contributed by atoms with Gasteiger partial charge in [0.2, 0.25) is 0 Å². The smallest absolute Gasteiger partial charge is 0.305 e. The highest BCUT2D eigenvalue weighted by Gasteiger charge is 2.20. The number of aliphatic carboxylic acids is 1. The number of rotatable bonds is 10. The lowest BCUT2D eigenvalue weighted by Gasteiger charge is -2.24. The standard InChI is InChI=1S/C34H37N3O3S/c1-22-8-17-29(23(2)20-22)30-21-41-34(36-30)37-32(26-11-9-25(10-12-26)24-6-4-3-5-7-24)27-13-15-28(16-14-27)33(40)35-19-18-31(38)39/h8-17,20-21,24,32H,3-7,18-19H2,1-2H3,(H,35,40)(H,36,37)(H,38,39). The van der Waals surface area contributed by atoms with Gasteiger partial charge in [0.15, 0.2) is 5.13 Å². The molecular formula is C34H37N3O3S. The van der Waals surface area contributed by atoms with Crippen LogP contribution in [0.15, 0.2) is 72.1 Å². The third kappa shape index (κ3) is 7.22. The zero-order chi connectivity index (χ0) is 28.8. The van der Waals surface area contributed by atoms with Gasteiger partial charge in [-0.1, -0.05) is 79.4 Å². The molecule has 1 heterocycles. The Morgan fingerprint density at radius 2 is 1.63 bits per heavy atom. The Hall–Kier alpha value is -3.97. The monoisotopic (exact) mass is 567 g/mol. The molecule has 1 aromatic heterocycles. The molecule has 1 aliphatic rings. The fraction of sp³-hybridized carbons (Fsp3) is 0.324.